The molecule has 0 atom stereocenters. The molecule has 0 spiro atoms. The van der Waals surface area contributed by atoms with Crippen molar-refractivity contribution in [3.63, 3.8) is 0 Å². The standard InChI is InChI=1S/C17H18FN3O2/c18-15-3-1-2-13(10-15)11-16(22)20-6-8-21(9-7-20)17(23)14-4-5-19-12-14/h1-5,10,12,19H,6-9,11H2. The summed E-state index contributed by atoms with van der Waals surface area (Å²) in [5.41, 5.74) is 1.30. The van der Waals surface area contributed by atoms with Crippen LogP contribution >= 0.6 is 0 Å². The second-order valence-electron chi connectivity index (χ2n) is 5.58. The number of aromatic nitrogens is 1. The molecule has 2 aromatic rings. The largest absolute Gasteiger partial charge is 0.367 e. The van der Waals surface area contributed by atoms with Gasteiger partial charge in [0.05, 0.1) is 12.0 Å². The first-order valence-corrected chi connectivity index (χ1v) is 7.58. The number of rotatable bonds is 3. The molecule has 1 N–H and O–H groups in total. The number of aromatic amines is 1. The van der Waals surface area contributed by atoms with Crippen molar-refractivity contribution in [2.75, 3.05) is 26.2 Å². The molecule has 0 aliphatic carbocycles. The molecule has 6 heteroatoms. The number of hydrogen-bond donors (Lipinski definition) is 1. The molecule has 2 amide bonds. The Kier molecular flexibility index (Phi) is 4.41. The molecular formula is C17H18FN3O2. The van der Waals surface area contributed by atoms with Gasteiger partial charge in [-0.3, -0.25) is 9.59 Å². The minimum absolute atomic E-state index is 0.0246. The second-order valence-corrected chi connectivity index (χ2v) is 5.58. The Morgan fingerprint density at radius 3 is 2.48 bits per heavy atom. The predicted molar refractivity (Wildman–Crippen MR) is 83.4 cm³/mol. The van der Waals surface area contributed by atoms with Crippen LogP contribution in [-0.2, 0) is 11.2 Å². The van der Waals surface area contributed by atoms with Crippen LogP contribution in [0.3, 0.4) is 0 Å². The van der Waals surface area contributed by atoms with Crippen LogP contribution in [0.4, 0.5) is 4.39 Å². The number of carbonyl (C=O) groups is 2. The van der Waals surface area contributed by atoms with E-state index in [0.29, 0.717) is 37.3 Å². The van der Waals surface area contributed by atoms with E-state index in [1.165, 1.54) is 12.1 Å². The van der Waals surface area contributed by atoms with E-state index in [-0.39, 0.29) is 24.1 Å². The Labute approximate surface area is 133 Å². The van der Waals surface area contributed by atoms with Gasteiger partial charge in [0, 0.05) is 38.6 Å². The third-order valence-corrected chi connectivity index (χ3v) is 4.01. The molecule has 0 radical (unpaired) electrons. The number of H-pyrrole nitrogens is 1. The van der Waals surface area contributed by atoms with Gasteiger partial charge in [-0.1, -0.05) is 12.1 Å². The molecule has 23 heavy (non-hydrogen) atoms. The average molecular weight is 315 g/mol. The number of nitrogens with one attached hydrogen (secondary N) is 1. The van der Waals surface area contributed by atoms with Crippen molar-refractivity contribution in [2.24, 2.45) is 0 Å². The number of amides is 2. The van der Waals surface area contributed by atoms with Crippen molar-refractivity contribution in [1.29, 1.82) is 0 Å². The molecule has 1 saturated heterocycles. The summed E-state index contributed by atoms with van der Waals surface area (Å²) in [4.78, 5) is 30.8. The second kappa shape index (κ2) is 6.64. The fourth-order valence-corrected chi connectivity index (χ4v) is 2.73. The number of piperazine rings is 1. The van der Waals surface area contributed by atoms with E-state index in [2.05, 4.69) is 4.98 Å². The van der Waals surface area contributed by atoms with Crippen molar-refractivity contribution in [1.82, 2.24) is 14.8 Å². The van der Waals surface area contributed by atoms with E-state index < -0.39 is 0 Å². The third kappa shape index (κ3) is 3.59. The highest BCUT2D eigenvalue weighted by atomic mass is 19.1. The first-order valence-electron chi connectivity index (χ1n) is 7.58. The van der Waals surface area contributed by atoms with Gasteiger partial charge >= 0.3 is 0 Å². The van der Waals surface area contributed by atoms with Crippen LogP contribution in [0.1, 0.15) is 15.9 Å². The Morgan fingerprint density at radius 1 is 1.09 bits per heavy atom. The van der Waals surface area contributed by atoms with Gasteiger partial charge in [-0.2, -0.15) is 0 Å². The van der Waals surface area contributed by atoms with E-state index in [1.54, 1.807) is 40.4 Å². The number of halogens is 1. The summed E-state index contributed by atoms with van der Waals surface area (Å²) in [6.45, 7) is 2.03. The zero-order chi connectivity index (χ0) is 16.2. The lowest BCUT2D eigenvalue weighted by Crippen LogP contribution is -2.50. The van der Waals surface area contributed by atoms with Gasteiger partial charge in [-0.15, -0.1) is 0 Å². The predicted octanol–water partition coefficient (Wildman–Crippen LogP) is 1.68. The molecular weight excluding hydrogens is 297 g/mol. The van der Waals surface area contributed by atoms with E-state index in [0.717, 1.165) is 0 Å². The lowest BCUT2D eigenvalue weighted by molar-refractivity contribution is -0.131. The zero-order valence-electron chi connectivity index (χ0n) is 12.7. The lowest BCUT2D eigenvalue weighted by Gasteiger charge is -2.34. The average Bonchev–Trinajstić information content (AvgIpc) is 3.09. The summed E-state index contributed by atoms with van der Waals surface area (Å²) in [6, 6.07) is 7.82. The van der Waals surface area contributed by atoms with Crippen molar-refractivity contribution >= 4 is 11.8 Å². The first-order chi connectivity index (χ1) is 11.1. The van der Waals surface area contributed by atoms with Crippen molar-refractivity contribution in [3.05, 3.63) is 59.7 Å². The molecule has 0 saturated carbocycles. The van der Waals surface area contributed by atoms with Gasteiger partial charge in [0.1, 0.15) is 5.82 Å². The quantitative estimate of drug-likeness (QED) is 0.937. The van der Waals surface area contributed by atoms with E-state index in [9.17, 15) is 14.0 Å². The fraction of sp³-hybridized carbons (Fsp3) is 0.294. The highest BCUT2D eigenvalue weighted by molar-refractivity contribution is 5.94. The maximum atomic E-state index is 13.2. The summed E-state index contributed by atoms with van der Waals surface area (Å²) in [7, 11) is 0. The van der Waals surface area contributed by atoms with Gasteiger partial charge in [0.2, 0.25) is 5.91 Å². The molecule has 120 valence electrons. The monoisotopic (exact) mass is 315 g/mol. The minimum atomic E-state index is -0.336. The Hall–Kier alpha value is -2.63. The summed E-state index contributed by atoms with van der Waals surface area (Å²) in [6.07, 6.45) is 3.57. The number of hydrogen-bond acceptors (Lipinski definition) is 2. The maximum absolute atomic E-state index is 13.2. The molecule has 5 nitrogen and oxygen atoms in total. The minimum Gasteiger partial charge on any atom is -0.367 e. The van der Waals surface area contributed by atoms with Crippen LogP contribution in [0, 0.1) is 5.82 Å². The number of carbonyl (C=O) groups excluding carboxylic acids is 2. The molecule has 3 rings (SSSR count). The van der Waals surface area contributed by atoms with Crippen LogP contribution in [0.5, 0.6) is 0 Å². The van der Waals surface area contributed by atoms with Crippen molar-refractivity contribution < 1.29 is 14.0 Å². The van der Waals surface area contributed by atoms with E-state index in [4.69, 9.17) is 0 Å². The molecule has 1 aliphatic rings. The summed E-state index contributed by atoms with van der Waals surface area (Å²) >= 11 is 0. The number of benzene rings is 1. The molecule has 1 aromatic heterocycles. The highest BCUT2D eigenvalue weighted by Gasteiger charge is 2.24. The Balaban J connectivity index is 1.54. The molecule has 0 unspecified atom stereocenters. The third-order valence-electron chi connectivity index (χ3n) is 4.01. The summed E-state index contributed by atoms with van der Waals surface area (Å²) < 4.78 is 13.2. The molecule has 1 aliphatic heterocycles. The van der Waals surface area contributed by atoms with Crippen LogP contribution in [-0.4, -0.2) is 52.8 Å². The van der Waals surface area contributed by atoms with Crippen LogP contribution in [0.2, 0.25) is 0 Å². The summed E-state index contributed by atoms with van der Waals surface area (Å²) in [5, 5.41) is 0. The van der Waals surface area contributed by atoms with Gasteiger partial charge in [0.25, 0.3) is 5.91 Å². The van der Waals surface area contributed by atoms with E-state index in [1.807, 2.05) is 0 Å². The SMILES string of the molecule is O=C(Cc1cccc(F)c1)N1CCN(C(=O)c2cc[nH]c2)CC1. The van der Waals surface area contributed by atoms with Crippen LogP contribution in [0.25, 0.3) is 0 Å². The van der Waals surface area contributed by atoms with Crippen LogP contribution < -0.4 is 0 Å². The van der Waals surface area contributed by atoms with Gasteiger partial charge < -0.3 is 14.8 Å². The normalized spacial score (nSPS) is 14.8. The van der Waals surface area contributed by atoms with Gasteiger partial charge in [0.15, 0.2) is 0 Å². The molecule has 2 heterocycles. The summed E-state index contributed by atoms with van der Waals surface area (Å²) in [5.74, 6) is -0.398. The Bertz CT molecular complexity index is 692. The van der Waals surface area contributed by atoms with Gasteiger partial charge in [-0.05, 0) is 23.8 Å². The maximum Gasteiger partial charge on any atom is 0.255 e. The first kappa shape index (κ1) is 15.3. The fourth-order valence-electron chi connectivity index (χ4n) is 2.73. The van der Waals surface area contributed by atoms with Crippen molar-refractivity contribution in [3.8, 4) is 0 Å². The lowest BCUT2D eigenvalue weighted by atomic mass is 10.1. The molecule has 1 aromatic carbocycles. The molecule has 1 fully saturated rings. The zero-order valence-corrected chi connectivity index (χ0v) is 12.7. The van der Waals surface area contributed by atoms with Crippen molar-refractivity contribution in [2.45, 2.75) is 6.42 Å². The molecule has 0 bridgehead atoms. The Morgan fingerprint density at radius 2 is 1.83 bits per heavy atom. The number of nitrogens with zero attached hydrogens (tertiary/aromatic N) is 2. The highest BCUT2D eigenvalue weighted by Crippen LogP contribution is 2.11. The van der Waals surface area contributed by atoms with Gasteiger partial charge in [-0.25, -0.2) is 4.39 Å². The van der Waals surface area contributed by atoms with Crippen LogP contribution in [0.15, 0.2) is 42.7 Å². The smallest absolute Gasteiger partial charge is 0.255 e. The van der Waals surface area contributed by atoms with E-state index >= 15 is 0 Å². The topological polar surface area (TPSA) is 56.4 Å².